The summed E-state index contributed by atoms with van der Waals surface area (Å²) in [6, 6.07) is 8.69. The first-order valence-electron chi connectivity index (χ1n) is 9.23. The fraction of sp³-hybridized carbons (Fsp3) is 0.400. The number of rotatable bonds is 7. The number of likely N-dealkylation sites (tertiary alicyclic amines) is 1. The van der Waals surface area contributed by atoms with Gasteiger partial charge in [-0.3, -0.25) is 4.90 Å². The highest BCUT2D eigenvalue weighted by Gasteiger charge is 2.38. The summed E-state index contributed by atoms with van der Waals surface area (Å²) in [4.78, 5) is 42.2. The molecular formula is C20H25N3O7. The number of nitrogens with zero attached hydrogens (tertiary/aromatic N) is 2. The molecule has 1 saturated heterocycles. The third kappa shape index (κ3) is 5.97. The topological polar surface area (TPSA) is 130 Å². The molecule has 0 aliphatic carbocycles. The Morgan fingerprint density at radius 2 is 1.90 bits per heavy atom. The summed E-state index contributed by atoms with van der Waals surface area (Å²) in [6.45, 7) is 2.46. The number of oxime groups is 1. The summed E-state index contributed by atoms with van der Waals surface area (Å²) < 4.78 is 14.4. The normalized spacial score (nSPS) is 19.2. The third-order valence-corrected chi connectivity index (χ3v) is 4.53. The van der Waals surface area contributed by atoms with E-state index in [0.29, 0.717) is 13.0 Å². The summed E-state index contributed by atoms with van der Waals surface area (Å²) in [5.74, 6) is -2.33. The Labute approximate surface area is 174 Å². The molecule has 0 spiro atoms. The van der Waals surface area contributed by atoms with Gasteiger partial charge < -0.3 is 24.8 Å². The highest BCUT2D eigenvalue weighted by atomic mass is 16.7. The van der Waals surface area contributed by atoms with Gasteiger partial charge in [-0.2, -0.15) is 0 Å². The zero-order chi connectivity index (χ0) is 22.1. The minimum Gasteiger partial charge on any atom is -0.466 e. The summed E-state index contributed by atoms with van der Waals surface area (Å²) >= 11 is 0. The number of carbonyl (C=O) groups is 3. The van der Waals surface area contributed by atoms with Gasteiger partial charge in [0.2, 0.25) is 5.76 Å². The van der Waals surface area contributed by atoms with Crippen molar-refractivity contribution in [2.45, 2.75) is 26.0 Å². The zero-order valence-electron chi connectivity index (χ0n) is 17.1. The van der Waals surface area contributed by atoms with Crippen LogP contribution < -0.4 is 5.73 Å². The predicted octanol–water partition coefficient (Wildman–Crippen LogP) is 1.55. The van der Waals surface area contributed by atoms with Crippen LogP contribution >= 0.6 is 0 Å². The van der Waals surface area contributed by atoms with Crippen LogP contribution in [0.2, 0.25) is 0 Å². The smallest absolute Gasteiger partial charge is 0.410 e. The number of methoxy groups -OCH3 is 2. The Hall–Kier alpha value is -3.56. The number of esters is 2. The Kier molecular flexibility index (Phi) is 8.21. The molecule has 2 atom stereocenters. The highest BCUT2D eigenvalue weighted by Crippen LogP contribution is 2.25. The Morgan fingerprint density at radius 3 is 2.53 bits per heavy atom. The molecule has 0 aromatic heterocycles. The van der Waals surface area contributed by atoms with E-state index in [9.17, 15) is 14.4 Å². The van der Waals surface area contributed by atoms with Crippen molar-refractivity contribution in [3.63, 3.8) is 0 Å². The molecule has 30 heavy (non-hydrogen) atoms. The maximum atomic E-state index is 12.6. The van der Waals surface area contributed by atoms with Gasteiger partial charge >= 0.3 is 18.0 Å². The molecule has 162 valence electrons. The number of hydrogen-bond acceptors (Lipinski definition) is 8. The highest BCUT2D eigenvalue weighted by molar-refractivity contribution is 5.95. The maximum Gasteiger partial charge on any atom is 0.410 e. The van der Waals surface area contributed by atoms with E-state index in [1.807, 2.05) is 37.3 Å². The summed E-state index contributed by atoms with van der Waals surface area (Å²) in [5.41, 5.74) is 6.89. The van der Waals surface area contributed by atoms with E-state index in [-0.39, 0.29) is 18.4 Å². The maximum absolute atomic E-state index is 12.6. The number of amides is 1. The molecule has 1 unspecified atom stereocenters. The van der Waals surface area contributed by atoms with Gasteiger partial charge in [0.05, 0.1) is 26.3 Å². The first-order chi connectivity index (χ1) is 14.4. The average Bonchev–Trinajstić information content (AvgIpc) is 3.16. The van der Waals surface area contributed by atoms with Crippen LogP contribution in [-0.2, 0) is 35.2 Å². The standard InChI is InChI=1S/C20H25N3O7/c1-13-9-10-23(20(26)29-12-14-7-5-4-6-8-14)17(13)18(21)22-30-15(19(25)28-3)11-16(24)27-2/h4-8,11,13,17H,9-10,12H2,1-3H3,(H2,21,22)/b15-11+/t13?,17-/m0/s1. The van der Waals surface area contributed by atoms with E-state index in [2.05, 4.69) is 14.6 Å². The largest absolute Gasteiger partial charge is 0.466 e. The van der Waals surface area contributed by atoms with Crippen LogP contribution in [0.4, 0.5) is 4.79 Å². The van der Waals surface area contributed by atoms with Gasteiger partial charge in [-0.05, 0) is 17.9 Å². The van der Waals surface area contributed by atoms with Gasteiger partial charge in [0, 0.05) is 6.54 Å². The number of carbonyl (C=O) groups excluding carboxylic acids is 3. The molecule has 1 amide bonds. The van der Waals surface area contributed by atoms with Crippen LogP contribution in [-0.4, -0.2) is 55.6 Å². The molecule has 2 rings (SSSR count). The Balaban J connectivity index is 2.09. The number of benzene rings is 1. The Morgan fingerprint density at radius 1 is 1.20 bits per heavy atom. The van der Waals surface area contributed by atoms with Gasteiger partial charge in [0.25, 0.3) is 0 Å². The van der Waals surface area contributed by atoms with Crippen molar-refractivity contribution >= 4 is 23.9 Å². The van der Waals surface area contributed by atoms with Crippen LogP contribution in [0.25, 0.3) is 0 Å². The number of ether oxygens (including phenoxy) is 3. The Bertz CT molecular complexity index is 823. The number of nitrogens with two attached hydrogens (primary N) is 1. The second-order valence-corrected chi connectivity index (χ2v) is 6.58. The first-order valence-corrected chi connectivity index (χ1v) is 9.23. The molecule has 0 bridgehead atoms. The van der Waals surface area contributed by atoms with Gasteiger partial charge in [-0.15, -0.1) is 0 Å². The van der Waals surface area contributed by atoms with Gasteiger partial charge in [0.15, 0.2) is 5.84 Å². The molecule has 1 heterocycles. The second-order valence-electron chi connectivity index (χ2n) is 6.58. The molecule has 2 N–H and O–H groups in total. The van der Waals surface area contributed by atoms with Crippen LogP contribution in [0.3, 0.4) is 0 Å². The van der Waals surface area contributed by atoms with E-state index in [0.717, 1.165) is 25.9 Å². The van der Waals surface area contributed by atoms with E-state index in [1.165, 1.54) is 4.90 Å². The van der Waals surface area contributed by atoms with Crippen molar-refractivity contribution in [1.82, 2.24) is 4.90 Å². The van der Waals surface area contributed by atoms with Gasteiger partial charge in [0.1, 0.15) is 6.61 Å². The second kappa shape index (κ2) is 10.8. The predicted molar refractivity (Wildman–Crippen MR) is 106 cm³/mol. The quantitative estimate of drug-likeness (QED) is 0.134. The molecule has 10 heteroatoms. The van der Waals surface area contributed by atoms with Crippen LogP contribution in [0.1, 0.15) is 18.9 Å². The van der Waals surface area contributed by atoms with Gasteiger partial charge in [-0.25, -0.2) is 14.4 Å². The lowest BCUT2D eigenvalue weighted by Crippen LogP contribution is -2.46. The lowest BCUT2D eigenvalue weighted by Gasteiger charge is -2.25. The van der Waals surface area contributed by atoms with E-state index in [1.54, 1.807) is 0 Å². The van der Waals surface area contributed by atoms with Crippen LogP contribution in [0.15, 0.2) is 47.3 Å². The average molecular weight is 419 g/mol. The fourth-order valence-electron chi connectivity index (χ4n) is 2.95. The third-order valence-electron chi connectivity index (χ3n) is 4.53. The van der Waals surface area contributed by atoms with Crippen molar-refractivity contribution in [3.05, 3.63) is 47.7 Å². The van der Waals surface area contributed by atoms with E-state index >= 15 is 0 Å². The lowest BCUT2D eigenvalue weighted by molar-refractivity contribution is -0.142. The first kappa shape index (κ1) is 22.7. The molecule has 0 radical (unpaired) electrons. The van der Waals surface area contributed by atoms with Crippen molar-refractivity contribution in [1.29, 1.82) is 0 Å². The number of hydrogen-bond donors (Lipinski definition) is 1. The van der Waals surface area contributed by atoms with E-state index < -0.39 is 29.8 Å². The molecular weight excluding hydrogens is 394 g/mol. The van der Waals surface area contributed by atoms with Crippen LogP contribution in [0, 0.1) is 5.92 Å². The molecule has 1 aromatic rings. The summed E-state index contributed by atoms with van der Waals surface area (Å²) in [6.07, 6.45) is 0.931. The van der Waals surface area contributed by atoms with Crippen molar-refractivity contribution in [2.24, 2.45) is 16.8 Å². The van der Waals surface area contributed by atoms with E-state index in [4.69, 9.17) is 15.3 Å². The fourth-order valence-corrected chi connectivity index (χ4v) is 2.95. The lowest BCUT2D eigenvalue weighted by atomic mass is 10.0. The number of amidine groups is 1. The molecule has 1 aliphatic rings. The van der Waals surface area contributed by atoms with Crippen molar-refractivity contribution in [3.8, 4) is 0 Å². The monoisotopic (exact) mass is 419 g/mol. The minimum atomic E-state index is -0.935. The van der Waals surface area contributed by atoms with Gasteiger partial charge in [-0.1, -0.05) is 42.4 Å². The molecule has 1 aromatic carbocycles. The molecule has 0 saturated carbocycles. The zero-order valence-corrected chi connectivity index (χ0v) is 17.1. The molecule has 1 aliphatic heterocycles. The van der Waals surface area contributed by atoms with Crippen molar-refractivity contribution < 1.29 is 33.4 Å². The molecule has 1 fully saturated rings. The molecule has 10 nitrogen and oxygen atoms in total. The summed E-state index contributed by atoms with van der Waals surface area (Å²) in [7, 11) is 2.26. The summed E-state index contributed by atoms with van der Waals surface area (Å²) in [5, 5.41) is 3.73. The SMILES string of the molecule is COC(=O)/C=C(/O/N=C(\N)[C@@H]1C(C)CCN1C(=O)OCc1ccccc1)C(=O)OC. The minimum absolute atomic E-state index is 0.0206. The van der Waals surface area contributed by atoms with Crippen molar-refractivity contribution in [2.75, 3.05) is 20.8 Å². The van der Waals surface area contributed by atoms with Crippen LogP contribution in [0.5, 0.6) is 0 Å².